The van der Waals surface area contributed by atoms with Crippen LogP contribution in [0.5, 0.6) is 0 Å². The summed E-state index contributed by atoms with van der Waals surface area (Å²) in [6.07, 6.45) is 8.74. The smallest absolute Gasteiger partial charge is 0.407 e. The van der Waals surface area contributed by atoms with E-state index in [0.717, 1.165) is 60.2 Å². The highest BCUT2D eigenvalue weighted by Gasteiger charge is 2.27. The highest BCUT2D eigenvalue weighted by Crippen LogP contribution is 2.38. The molecule has 2 saturated carbocycles. The number of nitrogens with one attached hydrogen (secondary N) is 2. The molecule has 13 heteroatoms. The SMILES string of the molecule is CC(C)OC(=O)NC1CCC(c2nc(F)c(Br)s2)CC1.CC(C)OC(=O)NC1CCC(c2ncc(Br)s2)CC1. The molecule has 2 N–H and O–H groups in total. The van der Waals surface area contributed by atoms with E-state index in [1.807, 2.05) is 33.9 Å². The van der Waals surface area contributed by atoms with E-state index in [1.165, 1.54) is 16.3 Å². The lowest BCUT2D eigenvalue weighted by molar-refractivity contribution is 0.108. The number of alkyl carbamates (subject to hydrolysis) is 2. The predicted octanol–water partition coefficient (Wildman–Crippen LogP) is 8.27. The molecule has 2 fully saturated rings. The zero-order chi connectivity index (χ0) is 28.5. The number of thiazole rings is 2. The van der Waals surface area contributed by atoms with E-state index >= 15 is 0 Å². The molecule has 2 heterocycles. The van der Waals surface area contributed by atoms with Gasteiger partial charge in [-0.3, -0.25) is 0 Å². The maximum Gasteiger partial charge on any atom is 0.407 e. The van der Waals surface area contributed by atoms with Crippen LogP contribution in [0.3, 0.4) is 0 Å². The summed E-state index contributed by atoms with van der Waals surface area (Å²) in [5.74, 6) is 0.404. The summed E-state index contributed by atoms with van der Waals surface area (Å²) in [7, 11) is 0. The van der Waals surface area contributed by atoms with Gasteiger partial charge in [0.2, 0.25) is 5.95 Å². The van der Waals surface area contributed by atoms with Crippen LogP contribution in [0.25, 0.3) is 0 Å². The Morgan fingerprint density at radius 2 is 1.31 bits per heavy atom. The lowest BCUT2D eigenvalue weighted by Gasteiger charge is -2.27. The number of halogens is 3. The highest BCUT2D eigenvalue weighted by molar-refractivity contribution is 9.11. The Morgan fingerprint density at radius 1 is 0.846 bits per heavy atom. The lowest BCUT2D eigenvalue weighted by atomic mass is 9.86. The van der Waals surface area contributed by atoms with Crippen molar-refractivity contribution < 1.29 is 23.5 Å². The van der Waals surface area contributed by atoms with Crippen LogP contribution in [-0.4, -0.2) is 46.4 Å². The maximum atomic E-state index is 13.2. The van der Waals surface area contributed by atoms with Gasteiger partial charge in [-0.05, 0) is 111 Å². The van der Waals surface area contributed by atoms with E-state index in [1.54, 1.807) is 11.3 Å². The van der Waals surface area contributed by atoms with Crippen molar-refractivity contribution in [3.63, 3.8) is 0 Å². The zero-order valence-electron chi connectivity index (χ0n) is 22.7. The fourth-order valence-corrected chi connectivity index (χ4v) is 7.57. The summed E-state index contributed by atoms with van der Waals surface area (Å²) in [4.78, 5) is 31.4. The standard InChI is InChI=1S/C13H18BrFN2O2S.C13H19BrN2O2S/c1-7(2)19-13(18)16-9-5-3-8(4-6-9)12-17-11(15)10(14)20-12;1-8(2)18-13(17)16-10-5-3-9(4-6-10)12-15-7-11(14)19-12/h7-9H,3-6H2,1-2H3,(H,16,18);7-10H,3-6H2,1-2H3,(H,16,17). The third-order valence-corrected chi connectivity index (χ3v) is 9.98. The van der Waals surface area contributed by atoms with Crippen molar-refractivity contribution >= 4 is 66.7 Å². The van der Waals surface area contributed by atoms with Crippen molar-refractivity contribution in [2.24, 2.45) is 0 Å². The van der Waals surface area contributed by atoms with Gasteiger partial charge in [0.25, 0.3) is 0 Å². The van der Waals surface area contributed by atoms with Gasteiger partial charge in [-0.1, -0.05) is 0 Å². The number of aromatic nitrogens is 2. The van der Waals surface area contributed by atoms with Crippen LogP contribution in [-0.2, 0) is 9.47 Å². The molecule has 0 aromatic carbocycles. The number of rotatable bonds is 6. The Bertz CT molecular complexity index is 1050. The van der Waals surface area contributed by atoms with Gasteiger partial charge < -0.3 is 20.1 Å². The van der Waals surface area contributed by atoms with E-state index < -0.39 is 5.95 Å². The Kier molecular flexibility index (Phi) is 12.9. The normalized spacial score (nSPS) is 23.1. The minimum absolute atomic E-state index is 0.0657. The van der Waals surface area contributed by atoms with Gasteiger partial charge in [-0.2, -0.15) is 4.39 Å². The average molecular weight is 713 g/mol. The quantitative estimate of drug-likeness (QED) is 0.313. The summed E-state index contributed by atoms with van der Waals surface area (Å²) in [5, 5.41) is 7.87. The molecular formula is C26H37Br2FN4O4S2. The molecule has 0 atom stereocenters. The van der Waals surface area contributed by atoms with Crippen molar-refractivity contribution in [2.75, 3.05) is 0 Å². The largest absolute Gasteiger partial charge is 0.447 e. The molecule has 2 aromatic heterocycles. The number of carbonyl (C=O) groups excluding carboxylic acids is 2. The zero-order valence-corrected chi connectivity index (χ0v) is 27.5. The van der Waals surface area contributed by atoms with Crippen molar-refractivity contribution in [2.45, 2.75) is 115 Å². The molecule has 0 spiro atoms. The second-order valence-corrected chi connectivity index (χ2v) is 15.2. The van der Waals surface area contributed by atoms with Crippen LogP contribution in [0.1, 0.15) is 101 Å². The van der Waals surface area contributed by atoms with Crippen LogP contribution in [0, 0.1) is 5.95 Å². The first kappa shape index (κ1) is 32.2. The van der Waals surface area contributed by atoms with Gasteiger partial charge in [0.05, 0.1) is 27.2 Å². The molecular weight excluding hydrogens is 675 g/mol. The molecule has 0 bridgehead atoms. The lowest BCUT2D eigenvalue weighted by Crippen LogP contribution is -2.38. The highest BCUT2D eigenvalue weighted by atomic mass is 79.9. The number of hydrogen-bond acceptors (Lipinski definition) is 8. The van der Waals surface area contributed by atoms with E-state index in [4.69, 9.17) is 9.47 Å². The third-order valence-electron chi connectivity index (χ3n) is 6.54. The summed E-state index contributed by atoms with van der Waals surface area (Å²) < 4.78 is 25.0. The number of nitrogens with zero attached hydrogens (tertiary/aromatic N) is 2. The van der Waals surface area contributed by atoms with Crippen LogP contribution < -0.4 is 10.6 Å². The summed E-state index contributed by atoms with van der Waals surface area (Å²) >= 11 is 9.68. The van der Waals surface area contributed by atoms with Crippen molar-refractivity contribution in [3.8, 4) is 0 Å². The average Bonchev–Trinajstić information content (AvgIpc) is 3.44. The molecule has 2 aromatic rings. The Balaban J connectivity index is 0.000000216. The summed E-state index contributed by atoms with van der Waals surface area (Å²) in [6.45, 7) is 7.37. The number of carbonyl (C=O) groups is 2. The monoisotopic (exact) mass is 710 g/mol. The second kappa shape index (κ2) is 15.6. The van der Waals surface area contributed by atoms with E-state index in [0.29, 0.717) is 15.6 Å². The molecule has 0 radical (unpaired) electrons. The van der Waals surface area contributed by atoms with Crippen molar-refractivity contribution in [3.05, 3.63) is 29.7 Å². The molecule has 0 unspecified atom stereocenters. The predicted molar refractivity (Wildman–Crippen MR) is 159 cm³/mol. The Morgan fingerprint density at radius 3 is 1.67 bits per heavy atom. The number of hydrogen-bond donors (Lipinski definition) is 2. The van der Waals surface area contributed by atoms with Crippen LogP contribution in [0.2, 0.25) is 0 Å². The molecule has 2 amide bonds. The fourth-order valence-electron chi connectivity index (χ4n) is 4.73. The van der Waals surface area contributed by atoms with Crippen LogP contribution in [0.15, 0.2) is 13.8 Å². The molecule has 4 rings (SSSR count). The molecule has 0 saturated heterocycles. The summed E-state index contributed by atoms with van der Waals surface area (Å²) in [6, 6.07) is 0.386. The first-order chi connectivity index (χ1) is 18.5. The molecule has 218 valence electrons. The first-order valence-electron chi connectivity index (χ1n) is 13.4. The molecule has 2 aliphatic carbocycles. The molecule has 8 nitrogen and oxygen atoms in total. The fraction of sp³-hybridized carbons (Fsp3) is 0.692. The molecule has 0 aliphatic heterocycles. The third kappa shape index (κ3) is 10.9. The van der Waals surface area contributed by atoms with E-state index in [2.05, 4.69) is 52.5 Å². The first-order valence-corrected chi connectivity index (χ1v) is 16.6. The Hall–Kier alpha value is -1.31. The number of amides is 2. The maximum absolute atomic E-state index is 13.2. The van der Waals surface area contributed by atoms with Gasteiger partial charge >= 0.3 is 12.2 Å². The van der Waals surface area contributed by atoms with Crippen molar-refractivity contribution in [1.82, 2.24) is 20.6 Å². The van der Waals surface area contributed by atoms with Gasteiger partial charge in [0.15, 0.2) is 0 Å². The number of ether oxygens (including phenoxy) is 2. The van der Waals surface area contributed by atoms with E-state index in [-0.39, 0.29) is 36.5 Å². The second-order valence-electron chi connectivity index (χ2n) is 10.4. The van der Waals surface area contributed by atoms with Crippen LogP contribution in [0.4, 0.5) is 14.0 Å². The van der Waals surface area contributed by atoms with Gasteiger partial charge in [0.1, 0.15) is 8.79 Å². The van der Waals surface area contributed by atoms with Crippen molar-refractivity contribution in [1.29, 1.82) is 0 Å². The van der Waals surface area contributed by atoms with Gasteiger partial charge in [-0.25, -0.2) is 19.6 Å². The van der Waals surface area contributed by atoms with E-state index in [9.17, 15) is 14.0 Å². The van der Waals surface area contributed by atoms with Crippen LogP contribution >= 0.6 is 54.5 Å². The minimum Gasteiger partial charge on any atom is -0.447 e. The summed E-state index contributed by atoms with van der Waals surface area (Å²) in [5.41, 5.74) is 0. The molecule has 39 heavy (non-hydrogen) atoms. The van der Waals surface area contributed by atoms with Gasteiger partial charge in [-0.15, -0.1) is 22.7 Å². The van der Waals surface area contributed by atoms with Gasteiger partial charge in [0, 0.05) is 23.9 Å². The Labute approximate surface area is 254 Å². The minimum atomic E-state index is -0.425. The molecule has 2 aliphatic rings. The topological polar surface area (TPSA) is 102 Å².